The van der Waals surface area contributed by atoms with E-state index in [1.54, 1.807) is 12.1 Å². The molecule has 0 saturated carbocycles. The predicted octanol–water partition coefficient (Wildman–Crippen LogP) is 0.687. The molecule has 0 spiro atoms. The minimum Gasteiger partial charge on any atom is -0.467 e. The SMILES string of the molecule is Nc1cc2c(c(Cn3cc(Cl)c(=O)[nH]c3=O)c1)OCOC2. The lowest BCUT2D eigenvalue weighted by Crippen LogP contribution is -2.30. The molecule has 0 fully saturated rings. The highest BCUT2D eigenvalue weighted by molar-refractivity contribution is 6.30. The molecule has 0 aliphatic carbocycles. The standard InChI is InChI=1S/C13H12ClN3O4/c14-10-4-17(13(19)16-12(10)18)3-7-1-9(15)2-8-5-20-6-21-11(7)8/h1-2,4H,3,5-6,15H2,(H,16,18,19). The number of benzene rings is 1. The molecule has 2 aromatic rings. The molecule has 8 heteroatoms. The van der Waals surface area contributed by atoms with Crippen LogP contribution < -0.4 is 21.7 Å². The van der Waals surface area contributed by atoms with Crippen LogP contribution in [0.4, 0.5) is 5.69 Å². The van der Waals surface area contributed by atoms with Crippen LogP contribution in [-0.4, -0.2) is 16.3 Å². The van der Waals surface area contributed by atoms with Crippen LogP contribution in [-0.2, 0) is 17.9 Å². The molecule has 3 N–H and O–H groups in total. The number of aromatic nitrogens is 2. The summed E-state index contributed by atoms with van der Waals surface area (Å²) in [7, 11) is 0. The minimum atomic E-state index is -0.614. The van der Waals surface area contributed by atoms with Gasteiger partial charge in [-0.3, -0.25) is 14.3 Å². The Morgan fingerprint density at radius 3 is 3.00 bits per heavy atom. The number of anilines is 1. The molecule has 3 rings (SSSR count). The number of nitrogens with two attached hydrogens (primary N) is 1. The summed E-state index contributed by atoms with van der Waals surface area (Å²) in [4.78, 5) is 25.2. The quantitative estimate of drug-likeness (QED) is 0.795. The first kappa shape index (κ1) is 13.7. The maximum absolute atomic E-state index is 11.8. The molecule has 0 bridgehead atoms. The van der Waals surface area contributed by atoms with Crippen LogP contribution in [0.1, 0.15) is 11.1 Å². The van der Waals surface area contributed by atoms with E-state index < -0.39 is 11.2 Å². The zero-order chi connectivity index (χ0) is 15.0. The van der Waals surface area contributed by atoms with Crippen molar-refractivity contribution in [3.05, 3.63) is 55.3 Å². The van der Waals surface area contributed by atoms with Gasteiger partial charge in [0.05, 0.1) is 13.2 Å². The van der Waals surface area contributed by atoms with Crippen molar-refractivity contribution in [1.29, 1.82) is 0 Å². The van der Waals surface area contributed by atoms with Crippen LogP contribution in [0.5, 0.6) is 5.75 Å². The van der Waals surface area contributed by atoms with Crippen molar-refractivity contribution in [2.75, 3.05) is 12.5 Å². The maximum Gasteiger partial charge on any atom is 0.328 e. The van der Waals surface area contributed by atoms with Gasteiger partial charge in [-0.05, 0) is 12.1 Å². The summed E-state index contributed by atoms with van der Waals surface area (Å²) in [5.74, 6) is 0.643. The van der Waals surface area contributed by atoms with Gasteiger partial charge in [0.25, 0.3) is 5.56 Å². The number of fused-ring (bicyclic) bond motifs is 1. The van der Waals surface area contributed by atoms with Gasteiger partial charge in [0.1, 0.15) is 10.8 Å². The monoisotopic (exact) mass is 309 g/mol. The summed E-state index contributed by atoms with van der Waals surface area (Å²) in [6.45, 7) is 0.725. The summed E-state index contributed by atoms with van der Waals surface area (Å²) in [6, 6.07) is 3.48. The van der Waals surface area contributed by atoms with Crippen molar-refractivity contribution in [3.63, 3.8) is 0 Å². The van der Waals surface area contributed by atoms with E-state index in [-0.39, 0.29) is 18.4 Å². The maximum atomic E-state index is 11.8. The van der Waals surface area contributed by atoms with Crippen LogP contribution in [0.25, 0.3) is 0 Å². The van der Waals surface area contributed by atoms with Crippen LogP contribution in [0.15, 0.2) is 27.9 Å². The second-order valence-electron chi connectivity index (χ2n) is 4.64. The third kappa shape index (κ3) is 2.65. The molecule has 0 atom stereocenters. The number of hydrogen-bond acceptors (Lipinski definition) is 5. The second kappa shape index (κ2) is 5.27. The van der Waals surface area contributed by atoms with E-state index in [4.69, 9.17) is 26.8 Å². The topological polar surface area (TPSA) is 99.3 Å². The molecule has 7 nitrogen and oxygen atoms in total. The summed E-state index contributed by atoms with van der Waals surface area (Å²) >= 11 is 5.75. The second-order valence-corrected chi connectivity index (χ2v) is 5.05. The van der Waals surface area contributed by atoms with Gasteiger partial charge in [0, 0.05) is 23.0 Å². The average molecular weight is 310 g/mol. The fourth-order valence-electron chi connectivity index (χ4n) is 2.23. The number of aromatic amines is 1. The van der Waals surface area contributed by atoms with Gasteiger partial charge in [-0.15, -0.1) is 0 Å². The van der Waals surface area contributed by atoms with Crippen LogP contribution in [0, 0.1) is 0 Å². The highest BCUT2D eigenvalue weighted by atomic mass is 35.5. The molecule has 1 aromatic heterocycles. The average Bonchev–Trinajstić information content (AvgIpc) is 2.44. The summed E-state index contributed by atoms with van der Waals surface area (Å²) in [5, 5.41) is -0.0587. The number of ether oxygens (including phenoxy) is 2. The van der Waals surface area contributed by atoms with Crippen LogP contribution >= 0.6 is 11.6 Å². The Labute approximate surface area is 123 Å². The third-order valence-electron chi connectivity index (χ3n) is 3.12. The molecule has 1 aliphatic heterocycles. The fraction of sp³-hybridized carbons (Fsp3) is 0.231. The van der Waals surface area contributed by atoms with Crippen molar-refractivity contribution in [2.24, 2.45) is 0 Å². The van der Waals surface area contributed by atoms with Crippen molar-refractivity contribution >= 4 is 17.3 Å². The zero-order valence-electron chi connectivity index (χ0n) is 10.9. The molecule has 2 heterocycles. The first-order chi connectivity index (χ1) is 10.0. The van der Waals surface area contributed by atoms with Crippen LogP contribution in [0.3, 0.4) is 0 Å². The molecule has 0 saturated heterocycles. The lowest BCUT2D eigenvalue weighted by Gasteiger charge is -2.21. The van der Waals surface area contributed by atoms with E-state index in [9.17, 15) is 9.59 Å². The molecular weight excluding hydrogens is 298 g/mol. The lowest BCUT2D eigenvalue weighted by atomic mass is 10.1. The first-order valence-corrected chi connectivity index (χ1v) is 6.53. The Morgan fingerprint density at radius 1 is 1.38 bits per heavy atom. The molecule has 110 valence electrons. The Hall–Kier alpha value is -2.25. The van der Waals surface area contributed by atoms with Crippen molar-refractivity contribution < 1.29 is 9.47 Å². The van der Waals surface area contributed by atoms with Crippen LogP contribution in [0.2, 0.25) is 5.02 Å². The highest BCUT2D eigenvalue weighted by Crippen LogP contribution is 2.31. The molecule has 0 amide bonds. The third-order valence-corrected chi connectivity index (χ3v) is 3.39. The summed E-state index contributed by atoms with van der Waals surface area (Å²) < 4.78 is 12.0. The smallest absolute Gasteiger partial charge is 0.328 e. The largest absolute Gasteiger partial charge is 0.467 e. The van der Waals surface area contributed by atoms with Gasteiger partial charge in [-0.1, -0.05) is 11.6 Å². The fourth-order valence-corrected chi connectivity index (χ4v) is 2.39. The molecule has 1 aliphatic rings. The number of nitrogen functional groups attached to an aromatic ring is 1. The molecule has 0 radical (unpaired) electrons. The normalized spacial score (nSPS) is 13.6. The lowest BCUT2D eigenvalue weighted by molar-refractivity contribution is -0.0170. The molecule has 21 heavy (non-hydrogen) atoms. The number of halogens is 1. The number of H-pyrrole nitrogens is 1. The van der Waals surface area contributed by atoms with E-state index in [0.717, 1.165) is 11.1 Å². The van der Waals surface area contributed by atoms with E-state index in [0.29, 0.717) is 18.0 Å². The van der Waals surface area contributed by atoms with E-state index >= 15 is 0 Å². The summed E-state index contributed by atoms with van der Waals surface area (Å²) in [5.41, 5.74) is 6.77. The molecule has 1 aromatic carbocycles. The van der Waals surface area contributed by atoms with Gasteiger partial charge < -0.3 is 15.2 Å². The number of nitrogens with one attached hydrogen (secondary N) is 1. The number of nitrogens with zero attached hydrogens (tertiary/aromatic N) is 1. The van der Waals surface area contributed by atoms with Gasteiger partial charge in [0.15, 0.2) is 6.79 Å². The Kier molecular flexibility index (Phi) is 3.44. The van der Waals surface area contributed by atoms with Gasteiger partial charge in [-0.25, -0.2) is 4.79 Å². The van der Waals surface area contributed by atoms with Crippen molar-refractivity contribution in [1.82, 2.24) is 9.55 Å². The predicted molar refractivity (Wildman–Crippen MR) is 76.6 cm³/mol. The number of rotatable bonds is 2. The van der Waals surface area contributed by atoms with E-state index in [1.807, 2.05) is 0 Å². The first-order valence-electron chi connectivity index (χ1n) is 6.15. The van der Waals surface area contributed by atoms with Crippen molar-refractivity contribution in [3.8, 4) is 5.75 Å². The molecular formula is C13H12ClN3O4. The zero-order valence-corrected chi connectivity index (χ0v) is 11.6. The summed E-state index contributed by atoms with van der Waals surface area (Å²) in [6.07, 6.45) is 1.29. The highest BCUT2D eigenvalue weighted by Gasteiger charge is 2.17. The van der Waals surface area contributed by atoms with E-state index in [1.165, 1.54) is 10.8 Å². The Morgan fingerprint density at radius 2 is 2.19 bits per heavy atom. The van der Waals surface area contributed by atoms with Gasteiger partial charge >= 0.3 is 5.69 Å². The van der Waals surface area contributed by atoms with E-state index in [2.05, 4.69) is 4.98 Å². The Balaban J connectivity index is 2.06. The van der Waals surface area contributed by atoms with Crippen molar-refractivity contribution in [2.45, 2.75) is 13.2 Å². The van der Waals surface area contributed by atoms with Gasteiger partial charge in [-0.2, -0.15) is 0 Å². The number of hydrogen-bond donors (Lipinski definition) is 2. The molecule has 0 unspecified atom stereocenters. The minimum absolute atomic E-state index is 0.0587. The Bertz CT molecular complexity index is 812. The van der Waals surface area contributed by atoms with Gasteiger partial charge in [0.2, 0.25) is 0 Å².